The summed E-state index contributed by atoms with van der Waals surface area (Å²) in [5, 5.41) is 3.54. The average molecular weight is 289 g/mol. The van der Waals surface area contributed by atoms with Gasteiger partial charge in [0.1, 0.15) is 0 Å². The van der Waals surface area contributed by atoms with Crippen molar-refractivity contribution in [2.75, 3.05) is 18.4 Å². The lowest BCUT2D eigenvalue weighted by atomic mass is 10.2. The van der Waals surface area contributed by atoms with E-state index >= 15 is 0 Å². The molecule has 0 spiro atoms. The van der Waals surface area contributed by atoms with E-state index in [1.165, 1.54) is 10.1 Å². The standard InChI is InChI=1S/C16H19NO2S/c1-3-18-17(19-4-2)15-10-7-14(8-11-15)9-12-16-6-5-13-20-16/h5-13H,3-4H2,1-2H3/b12-9+. The van der Waals surface area contributed by atoms with E-state index < -0.39 is 0 Å². The largest absolute Gasteiger partial charge is 0.249 e. The lowest BCUT2D eigenvalue weighted by Crippen LogP contribution is -2.23. The Kier molecular flexibility index (Phi) is 5.80. The van der Waals surface area contributed by atoms with E-state index in [1.807, 2.05) is 38.1 Å². The molecule has 1 heterocycles. The molecule has 3 nitrogen and oxygen atoms in total. The average Bonchev–Trinajstić information content (AvgIpc) is 2.99. The Hall–Kier alpha value is -1.62. The lowest BCUT2D eigenvalue weighted by molar-refractivity contribution is -0.0817. The number of hydrogen-bond donors (Lipinski definition) is 0. The zero-order chi connectivity index (χ0) is 14.2. The zero-order valence-corrected chi connectivity index (χ0v) is 12.6. The van der Waals surface area contributed by atoms with Gasteiger partial charge in [-0.25, -0.2) is 9.68 Å². The number of anilines is 1. The fourth-order valence-corrected chi connectivity index (χ4v) is 2.31. The molecular formula is C16H19NO2S. The topological polar surface area (TPSA) is 21.7 Å². The molecule has 20 heavy (non-hydrogen) atoms. The number of nitrogens with zero attached hydrogens (tertiary/aromatic N) is 1. The van der Waals surface area contributed by atoms with Crippen molar-refractivity contribution in [2.45, 2.75) is 13.8 Å². The second kappa shape index (κ2) is 7.85. The third-order valence-corrected chi connectivity index (χ3v) is 3.42. The minimum absolute atomic E-state index is 0.569. The first-order valence-corrected chi connectivity index (χ1v) is 7.59. The fourth-order valence-electron chi connectivity index (χ4n) is 1.69. The van der Waals surface area contributed by atoms with E-state index in [4.69, 9.17) is 9.68 Å². The molecule has 0 fully saturated rings. The smallest absolute Gasteiger partial charge is 0.0947 e. The van der Waals surface area contributed by atoms with Crippen molar-refractivity contribution in [2.24, 2.45) is 0 Å². The highest BCUT2D eigenvalue weighted by Crippen LogP contribution is 2.18. The van der Waals surface area contributed by atoms with E-state index in [0.29, 0.717) is 13.2 Å². The van der Waals surface area contributed by atoms with Crippen molar-refractivity contribution in [1.29, 1.82) is 0 Å². The van der Waals surface area contributed by atoms with Gasteiger partial charge in [0, 0.05) is 4.88 Å². The van der Waals surface area contributed by atoms with Crippen molar-refractivity contribution in [3.05, 3.63) is 52.2 Å². The molecule has 0 saturated heterocycles. The highest BCUT2D eigenvalue weighted by atomic mass is 32.1. The molecule has 2 aromatic rings. The van der Waals surface area contributed by atoms with E-state index in [2.05, 4.69) is 29.7 Å². The van der Waals surface area contributed by atoms with Gasteiger partial charge < -0.3 is 0 Å². The van der Waals surface area contributed by atoms with Crippen LogP contribution >= 0.6 is 11.3 Å². The summed E-state index contributed by atoms with van der Waals surface area (Å²) < 4.78 is 0. The lowest BCUT2D eigenvalue weighted by Gasteiger charge is -2.21. The monoisotopic (exact) mass is 289 g/mol. The van der Waals surface area contributed by atoms with Gasteiger partial charge in [-0.2, -0.15) is 0 Å². The fraction of sp³-hybridized carbons (Fsp3) is 0.250. The number of rotatable bonds is 7. The van der Waals surface area contributed by atoms with Gasteiger partial charge >= 0.3 is 0 Å². The van der Waals surface area contributed by atoms with Crippen LogP contribution in [-0.2, 0) is 9.68 Å². The minimum atomic E-state index is 0.569. The first-order valence-electron chi connectivity index (χ1n) is 6.71. The number of hydrogen-bond acceptors (Lipinski definition) is 4. The summed E-state index contributed by atoms with van der Waals surface area (Å²) in [5.74, 6) is 0. The summed E-state index contributed by atoms with van der Waals surface area (Å²) >= 11 is 1.73. The molecule has 1 aromatic carbocycles. The Labute approximate surface area is 124 Å². The Morgan fingerprint density at radius 1 is 1.00 bits per heavy atom. The maximum Gasteiger partial charge on any atom is 0.0947 e. The molecule has 106 valence electrons. The van der Waals surface area contributed by atoms with Gasteiger partial charge in [0.25, 0.3) is 0 Å². The molecule has 2 rings (SSSR count). The molecule has 0 amide bonds. The molecule has 0 saturated carbocycles. The van der Waals surface area contributed by atoms with Gasteiger partial charge in [0.05, 0.1) is 18.9 Å². The van der Waals surface area contributed by atoms with Gasteiger partial charge in [-0.05, 0) is 49.1 Å². The summed E-state index contributed by atoms with van der Waals surface area (Å²) in [5.41, 5.74) is 2.04. The van der Waals surface area contributed by atoms with Crippen LogP contribution in [0.2, 0.25) is 0 Å². The van der Waals surface area contributed by atoms with E-state index in [-0.39, 0.29) is 0 Å². The van der Waals surface area contributed by atoms with Crippen molar-refractivity contribution in [3.8, 4) is 0 Å². The summed E-state index contributed by atoms with van der Waals surface area (Å²) in [7, 11) is 0. The summed E-state index contributed by atoms with van der Waals surface area (Å²) in [6, 6.07) is 12.2. The molecule has 0 aliphatic heterocycles. The van der Waals surface area contributed by atoms with Crippen molar-refractivity contribution < 1.29 is 9.68 Å². The Balaban J connectivity index is 2.05. The molecule has 0 aliphatic carbocycles. The van der Waals surface area contributed by atoms with Crippen LogP contribution in [0.25, 0.3) is 12.2 Å². The molecular weight excluding hydrogens is 270 g/mol. The maximum absolute atomic E-state index is 5.42. The van der Waals surface area contributed by atoms with Gasteiger partial charge in [-0.15, -0.1) is 16.6 Å². The van der Waals surface area contributed by atoms with Crippen LogP contribution in [0.3, 0.4) is 0 Å². The van der Waals surface area contributed by atoms with Crippen LogP contribution in [0.4, 0.5) is 5.69 Å². The first-order chi connectivity index (χ1) is 9.83. The number of thiophene rings is 1. The summed E-state index contributed by atoms with van der Waals surface area (Å²) in [4.78, 5) is 12.1. The van der Waals surface area contributed by atoms with Crippen molar-refractivity contribution >= 4 is 29.2 Å². The number of benzene rings is 1. The SMILES string of the molecule is CCON(OCC)c1ccc(/C=C/c2cccs2)cc1. The summed E-state index contributed by atoms with van der Waals surface area (Å²) in [6.07, 6.45) is 4.21. The first kappa shape index (κ1) is 14.8. The highest BCUT2D eigenvalue weighted by molar-refractivity contribution is 7.10. The predicted octanol–water partition coefficient (Wildman–Crippen LogP) is 4.63. The van der Waals surface area contributed by atoms with E-state index in [9.17, 15) is 0 Å². The predicted molar refractivity (Wildman–Crippen MR) is 85.4 cm³/mol. The molecule has 0 aliphatic rings. The molecule has 4 heteroatoms. The van der Waals surface area contributed by atoms with Crippen molar-refractivity contribution in [1.82, 2.24) is 0 Å². The quantitative estimate of drug-likeness (QED) is 0.694. The molecule has 0 N–H and O–H groups in total. The Morgan fingerprint density at radius 3 is 2.25 bits per heavy atom. The third-order valence-electron chi connectivity index (χ3n) is 2.58. The van der Waals surface area contributed by atoms with Crippen LogP contribution in [0.5, 0.6) is 0 Å². The van der Waals surface area contributed by atoms with Crippen LogP contribution in [-0.4, -0.2) is 13.2 Å². The van der Waals surface area contributed by atoms with Gasteiger partial charge in [-0.1, -0.05) is 24.3 Å². The van der Waals surface area contributed by atoms with E-state index in [1.54, 1.807) is 11.3 Å². The van der Waals surface area contributed by atoms with Crippen LogP contribution in [0.1, 0.15) is 24.3 Å². The van der Waals surface area contributed by atoms with Gasteiger partial charge in [-0.3, -0.25) is 0 Å². The van der Waals surface area contributed by atoms with Crippen LogP contribution in [0, 0.1) is 0 Å². The van der Waals surface area contributed by atoms with Crippen LogP contribution < -0.4 is 5.23 Å². The third kappa shape index (κ3) is 4.20. The second-order valence-corrected chi connectivity index (χ2v) is 5.01. The molecule has 0 radical (unpaired) electrons. The molecule has 0 unspecified atom stereocenters. The van der Waals surface area contributed by atoms with Gasteiger partial charge in [0.2, 0.25) is 0 Å². The molecule has 0 bridgehead atoms. The Morgan fingerprint density at radius 2 is 1.70 bits per heavy atom. The molecule has 1 aromatic heterocycles. The normalized spacial score (nSPS) is 11.1. The highest BCUT2D eigenvalue weighted by Gasteiger charge is 2.05. The van der Waals surface area contributed by atoms with Gasteiger partial charge in [0.15, 0.2) is 0 Å². The Bertz CT molecular complexity index is 514. The minimum Gasteiger partial charge on any atom is -0.249 e. The zero-order valence-electron chi connectivity index (χ0n) is 11.8. The second-order valence-electron chi connectivity index (χ2n) is 4.03. The maximum atomic E-state index is 5.42. The van der Waals surface area contributed by atoms with E-state index in [0.717, 1.165) is 11.3 Å². The summed E-state index contributed by atoms with van der Waals surface area (Å²) in [6.45, 7) is 5.01. The molecule has 0 atom stereocenters. The van der Waals surface area contributed by atoms with Crippen LogP contribution in [0.15, 0.2) is 41.8 Å². The van der Waals surface area contributed by atoms with Crippen molar-refractivity contribution in [3.63, 3.8) is 0 Å².